The zero-order valence-corrected chi connectivity index (χ0v) is 13.6. The van der Waals surface area contributed by atoms with Crippen molar-refractivity contribution in [1.29, 1.82) is 0 Å². The summed E-state index contributed by atoms with van der Waals surface area (Å²) in [6, 6.07) is 30.2. The van der Waals surface area contributed by atoms with E-state index in [1.807, 2.05) is 78.9 Å². The molecule has 0 aliphatic rings. The van der Waals surface area contributed by atoms with E-state index < -0.39 is 4.49 Å². The average molecular weight is 322 g/mol. The van der Waals surface area contributed by atoms with Gasteiger partial charge in [0.15, 0.2) is 12.9 Å². The van der Waals surface area contributed by atoms with Crippen molar-refractivity contribution in [2.45, 2.75) is 9.38 Å². The first-order chi connectivity index (χ1) is 10.8. The zero-order chi connectivity index (χ0) is 15.3. The number of thioether (sulfide) groups is 1. The van der Waals surface area contributed by atoms with Gasteiger partial charge in [-0.15, -0.1) is 0 Å². The number of benzene rings is 3. The van der Waals surface area contributed by atoms with Crippen molar-refractivity contribution in [2.24, 2.45) is 0 Å². The van der Waals surface area contributed by atoms with Crippen molar-refractivity contribution >= 4 is 20.2 Å². The Bertz CT molecular complexity index is 690. The quantitative estimate of drug-likeness (QED) is 0.425. The largest absolute Gasteiger partial charge is 0.273 e. The second-order valence-corrected chi connectivity index (χ2v) is 7.33. The van der Waals surface area contributed by atoms with Gasteiger partial charge in [-0.2, -0.15) is 0 Å². The van der Waals surface area contributed by atoms with E-state index in [0.29, 0.717) is 0 Å². The molecule has 0 saturated heterocycles. The Kier molecular flexibility index (Phi) is 4.72. The standard InChI is InChI=1S/C19H15OPS/c20-21-19(16-10-4-1-5-11-16,17-12-6-2-7-13-17)22-18-14-8-3-9-15-18/h1-15H. The van der Waals surface area contributed by atoms with Gasteiger partial charge in [0.2, 0.25) is 0 Å². The van der Waals surface area contributed by atoms with Crippen molar-refractivity contribution in [3.8, 4) is 0 Å². The van der Waals surface area contributed by atoms with E-state index >= 15 is 0 Å². The molecule has 3 aromatic rings. The highest BCUT2D eigenvalue weighted by Gasteiger charge is 2.36. The van der Waals surface area contributed by atoms with E-state index in [-0.39, 0.29) is 8.46 Å². The first-order valence-corrected chi connectivity index (χ1v) is 8.68. The lowest BCUT2D eigenvalue weighted by Gasteiger charge is -2.27. The van der Waals surface area contributed by atoms with E-state index in [9.17, 15) is 4.57 Å². The van der Waals surface area contributed by atoms with Crippen molar-refractivity contribution in [2.75, 3.05) is 0 Å². The van der Waals surface area contributed by atoms with Gasteiger partial charge in [0.25, 0.3) is 0 Å². The molecule has 0 atom stereocenters. The molecular formula is C19H15OPS. The van der Waals surface area contributed by atoms with Crippen LogP contribution in [-0.4, -0.2) is 0 Å². The predicted molar refractivity (Wildman–Crippen MR) is 93.6 cm³/mol. The zero-order valence-electron chi connectivity index (χ0n) is 11.9. The molecule has 0 aliphatic heterocycles. The van der Waals surface area contributed by atoms with Crippen molar-refractivity contribution in [1.82, 2.24) is 0 Å². The molecular weight excluding hydrogens is 307 g/mol. The van der Waals surface area contributed by atoms with Crippen LogP contribution in [0.15, 0.2) is 95.9 Å². The van der Waals surface area contributed by atoms with E-state index in [1.54, 1.807) is 11.8 Å². The second kappa shape index (κ2) is 6.91. The van der Waals surface area contributed by atoms with Gasteiger partial charge < -0.3 is 0 Å². The lowest BCUT2D eigenvalue weighted by molar-refractivity contribution is 0.593. The smallest absolute Gasteiger partial charge is 0.183 e. The summed E-state index contributed by atoms with van der Waals surface area (Å²) in [5.41, 5.74) is 2.07. The van der Waals surface area contributed by atoms with Crippen LogP contribution in [0.2, 0.25) is 0 Å². The Hall–Kier alpha value is -1.89. The number of hydrogen-bond donors (Lipinski definition) is 0. The lowest BCUT2D eigenvalue weighted by Crippen LogP contribution is -2.16. The summed E-state index contributed by atoms with van der Waals surface area (Å²) in [6.45, 7) is 0. The van der Waals surface area contributed by atoms with Gasteiger partial charge in [0, 0.05) is 4.90 Å². The maximum Gasteiger partial charge on any atom is 0.183 e. The molecule has 0 N–H and O–H groups in total. The van der Waals surface area contributed by atoms with Crippen molar-refractivity contribution in [3.05, 3.63) is 102 Å². The van der Waals surface area contributed by atoms with E-state index in [2.05, 4.69) is 12.1 Å². The third kappa shape index (κ3) is 2.99. The number of rotatable bonds is 5. The van der Waals surface area contributed by atoms with E-state index in [0.717, 1.165) is 16.0 Å². The maximum absolute atomic E-state index is 12.3. The summed E-state index contributed by atoms with van der Waals surface area (Å²) in [5, 5.41) is 0. The van der Waals surface area contributed by atoms with Crippen LogP contribution in [0, 0.1) is 0 Å². The van der Waals surface area contributed by atoms with Gasteiger partial charge in [-0.25, -0.2) is 0 Å². The molecule has 0 heterocycles. The van der Waals surface area contributed by atoms with Crippen LogP contribution in [0.4, 0.5) is 0 Å². The fourth-order valence-electron chi connectivity index (χ4n) is 2.40. The summed E-state index contributed by atoms with van der Waals surface area (Å²) in [6.07, 6.45) is 0. The third-order valence-electron chi connectivity index (χ3n) is 3.47. The molecule has 0 bridgehead atoms. The molecule has 1 nitrogen and oxygen atoms in total. The van der Waals surface area contributed by atoms with E-state index in [4.69, 9.17) is 0 Å². The molecule has 3 heteroatoms. The first kappa shape index (κ1) is 15.0. The average Bonchev–Trinajstić information content (AvgIpc) is 2.62. The highest BCUT2D eigenvalue weighted by atomic mass is 32.2. The summed E-state index contributed by atoms with van der Waals surface area (Å²) in [7, 11) is 0.0720. The van der Waals surface area contributed by atoms with Gasteiger partial charge in [0.1, 0.15) is 0 Å². The van der Waals surface area contributed by atoms with Gasteiger partial charge in [-0.1, -0.05) is 90.6 Å². The molecule has 108 valence electrons. The molecule has 0 radical (unpaired) electrons. The molecule has 0 aliphatic carbocycles. The summed E-state index contributed by atoms with van der Waals surface area (Å²) in [4.78, 5) is 1.10. The summed E-state index contributed by atoms with van der Waals surface area (Å²) >= 11 is 1.62. The molecule has 3 aromatic carbocycles. The number of hydrogen-bond acceptors (Lipinski definition) is 2. The van der Waals surface area contributed by atoms with Crippen LogP contribution < -0.4 is 0 Å². The van der Waals surface area contributed by atoms with Crippen LogP contribution >= 0.6 is 20.2 Å². The Labute approximate surface area is 136 Å². The lowest BCUT2D eigenvalue weighted by atomic mass is 10.0. The molecule has 3 rings (SSSR count). The molecule has 0 aromatic heterocycles. The monoisotopic (exact) mass is 322 g/mol. The molecule has 22 heavy (non-hydrogen) atoms. The van der Waals surface area contributed by atoms with E-state index in [1.165, 1.54) is 0 Å². The minimum Gasteiger partial charge on any atom is -0.273 e. The molecule has 0 saturated carbocycles. The second-order valence-electron chi connectivity index (χ2n) is 4.88. The fourth-order valence-corrected chi connectivity index (χ4v) is 4.51. The molecule has 0 amide bonds. The van der Waals surface area contributed by atoms with Gasteiger partial charge in [0.05, 0.1) is 0 Å². The van der Waals surface area contributed by atoms with Gasteiger partial charge in [-0.3, -0.25) is 4.57 Å². The van der Waals surface area contributed by atoms with Crippen LogP contribution in [0.3, 0.4) is 0 Å². The summed E-state index contributed by atoms with van der Waals surface area (Å²) in [5.74, 6) is 0. The fraction of sp³-hybridized carbons (Fsp3) is 0.0526. The maximum atomic E-state index is 12.3. The van der Waals surface area contributed by atoms with Crippen LogP contribution in [0.5, 0.6) is 0 Å². The Morgan fingerprint density at radius 1 is 0.636 bits per heavy atom. The minimum absolute atomic E-state index is 0.0720. The molecule has 0 fully saturated rings. The van der Waals surface area contributed by atoms with Crippen LogP contribution in [0.1, 0.15) is 11.1 Å². The minimum atomic E-state index is -0.635. The van der Waals surface area contributed by atoms with Crippen LogP contribution in [0.25, 0.3) is 0 Å². The Morgan fingerprint density at radius 3 is 1.45 bits per heavy atom. The summed E-state index contributed by atoms with van der Waals surface area (Å²) < 4.78 is 11.7. The highest BCUT2D eigenvalue weighted by Crippen LogP contribution is 2.53. The van der Waals surface area contributed by atoms with Crippen molar-refractivity contribution in [3.63, 3.8) is 0 Å². The highest BCUT2D eigenvalue weighted by molar-refractivity contribution is 8.04. The van der Waals surface area contributed by atoms with Crippen LogP contribution in [-0.2, 0) is 9.05 Å². The third-order valence-corrected chi connectivity index (χ3v) is 6.01. The Balaban J connectivity index is 2.15. The first-order valence-electron chi connectivity index (χ1n) is 7.05. The van der Waals surface area contributed by atoms with Crippen molar-refractivity contribution < 1.29 is 4.57 Å². The SMILES string of the molecule is O=PC(Sc1ccccc1)(c1ccccc1)c1ccccc1. The predicted octanol–water partition coefficient (Wildman–Crippen LogP) is 5.97. The molecule has 0 spiro atoms. The normalized spacial score (nSPS) is 11.5. The molecule has 0 unspecified atom stereocenters. The van der Waals surface area contributed by atoms with Gasteiger partial charge in [-0.05, 0) is 23.3 Å². The van der Waals surface area contributed by atoms with Gasteiger partial charge >= 0.3 is 0 Å². The topological polar surface area (TPSA) is 17.1 Å². The Morgan fingerprint density at radius 2 is 1.05 bits per heavy atom.